The molecule has 0 aliphatic heterocycles. The maximum absolute atomic E-state index is 12.5. The molecule has 0 saturated carbocycles. The standard InChI is InChI=1S/C20H19F3N4O/c1-3-24-19-26-17(14-5-4-6-16(11-14)28-20(21,22)23)12-18(27-19)25-15-9-7-13(2)8-10-15/h4-12H,3H2,1-2H3,(H2,24,25,26,27). The Labute approximate surface area is 160 Å². The molecule has 8 heteroatoms. The number of halogens is 3. The fourth-order valence-corrected chi connectivity index (χ4v) is 2.53. The van der Waals surface area contributed by atoms with Crippen LogP contribution >= 0.6 is 0 Å². The summed E-state index contributed by atoms with van der Waals surface area (Å²) >= 11 is 0. The summed E-state index contributed by atoms with van der Waals surface area (Å²) in [5, 5.41) is 6.22. The third-order valence-corrected chi connectivity index (χ3v) is 3.75. The molecule has 0 bridgehead atoms. The number of rotatable bonds is 6. The van der Waals surface area contributed by atoms with Gasteiger partial charge in [-0.1, -0.05) is 29.8 Å². The first-order valence-corrected chi connectivity index (χ1v) is 8.65. The predicted octanol–water partition coefficient (Wildman–Crippen LogP) is 5.53. The first-order chi connectivity index (χ1) is 13.3. The molecule has 28 heavy (non-hydrogen) atoms. The van der Waals surface area contributed by atoms with Gasteiger partial charge in [0.2, 0.25) is 5.95 Å². The Hall–Kier alpha value is -3.29. The van der Waals surface area contributed by atoms with Gasteiger partial charge in [0.15, 0.2) is 0 Å². The molecule has 0 aliphatic rings. The average molecular weight is 388 g/mol. The number of nitrogens with one attached hydrogen (secondary N) is 2. The molecule has 1 aromatic heterocycles. The summed E-state index contributed by atoms with van der Waals surface area (Å²) in [7, 11) is 0. The Morgan fingerprint density at radius 2 is 1.75 bits per heavy atom. The van der Waals surface area contributed by atoms with Crippen molar-refractivity contribution in [2.24, 2.45) is 0 Å². The van der Waals surface area contributed by atoms with Crippen LogP contribution < -0.4 is 15.4 Å². The van der Waals surface area contributed by atoms with E-state index in [2.05, 4.69) is 25.3 Å². The van der Waals surface area contributed by atoms with Gasteiger partial charge in [0.05, 0.1) is 5.69 Å². The molecular formula is C20H19F3N4O. The summed E-state index contributed by atoms with van der Waals surface area (Å²) in [5.41, 5.74) is 2.92. The van der Waals surface area contributed by atoms with E-state index < -0.39 is 6.36 Å². The molecule has 2 aromatic carbocycles. The van der Waals surface area contributed by atoms with Crippen LogP contribution in [-0.4, -0.2) is 22.9 Å². The molecule has 146 valence electrons. The molecule has 3 aromatic rings. The van der Waals surface area contributed by atoms with E-state index in [1.54, 1.807) is 12.1 Å². The highest BCUT2D eigenvalue weighted by molar-refractivity contribution is 5.68. The molecule has 0 aliphatic carbocycles. The predicted molar refractivity (Wildman–Crippen MR) is 103 cm³/mol. The van der Waals surface area contributed by atoms with Crippen molar-refractivity contribution < 1.29 is 17.9 Å². The second-order valence-electron chi connectivity index (χ2n) is 6.06. The lowest BCUT2D eigenvalue weighted by Gasteiger charge is -2.12. The monoisotopic (exact) mass is 388 g/mol. The van der Waals surface area contributed by atoms with E-state index in [0.717, 1.165) is 11.3 Å². The van der Waals surface area contributed by atoms with Gasteiger partial charge in [-0.05, 0) is 38.1 Å². The van der Waals surface area contributed by atoms with Crippen molar-refractivity contribution >= 4 is 17.5 Å². The van der Waals surface area contributed by atoms with Crippen LogP contribution in [0.1, 0.15) is 12.5 Å². The molecule has 5 nitrogen and oxygen atoms in total. The Kier molecular flexibility index (Phi) is 5.67. The maximum Gasteiger partial charge on any atom is 0.573 e. The maximum atomic E-state index is 12.5. The van der Waals surface area contributed by atoms with Crippen molar-refractivity contribution in [3.05, 3.63) is 60.2 Å². The van der Waals surface area contributed by atoms with E-state index in [4.69, 9.17) is 0 Å². The lowest BCUT2D eigenvalue weighted by Crippen LogP contribution is -2.17. The van der Waals surface area contributed by atoms with Gasteiger partial charge in [-0.25, -0.2) is 4.98 Å². The first kappa shape index (κ1) is 19.5. The lowest BCUT2D eigenvalue weighted by atomic mass is 10.1. The summed E-state index contributed by atoms with van der Waals surface area (Å²) in [6.07, 6.45) is -4.75. The van der Waals surface area contributed by atoms with Crippen LogP contribution in [0, 0.1) is 6.92 Å². The minimum absolute atomic E-state index is 0.304. The third kappa shape index (κ3) is 5.35. The van der Waals surface area contributed by atoms with Crippen molar-refractivity contribution in [2.75, 3.05) is 17.2 Å². The summed E-state index contributed by atoms with van der Waals surface area (Å²) in [6, 6.07) is 15.1. The van der Waals surface area contributed by atoms with Crippen molar-refractivity contribution in [1.82, 2.24) is 9.97 Å². The van der Waals surface area contributed by atoms with E-state index in [1.807, 2.05) is 38.1 Å². The van der Waals surface area contributed by atoms with Crippen molar-refractivity contribution in [2.45, 2.75) is 20.2 Å². The Morgan fingerprint density at radius 1 is 1.00 bits per heavy atom. The van der Waals surface area contributed by atoms with Gasteiger partial charge in [0.25, 0.3) is 0 Å². The SMILES string of the molecule is CCNc1nc(Nc2ccc(C)cc2)cc(-c2cccc(OC(F)(F)F)c2)n1. The molecule has 2 N–H and O–H groups in total. The number of aryl methyl sites for hydroxylation is 1. The summed E-state index contributed by atoms with van der Waals surface area (Å²) in [5.74, 6) is 0.588. The first-order valence-electron chi connectivity index (χ1n) is 8.65. The van der Waals surface area contributed by atoms with Crippen LogP contribution in [-0.2, 0) is 0 Å². The number of anilines is 3. The molecule has 0 saturated heterocycles. The third-order valence-electron chi connectivity index (χ3n) is 3.75. The van der Waals surface area contributed by atoms with E-state index in [0.29, 0.717) is 29.6 Å². The van der Waals surface area contributed by atoms with E-state index in [1.165, 1.54) is 18.2 Å². The molecule has 0 radical (unpaired) electrons. The van der Waals surface area contributed by atoms with E-state index in [9.17, 15) is 13.2 Å². The summed E-state index contributed by atoms with van der Waals surface area (Å²) < 4.78 is 41.5. The van der Waals surface area contributed by atoms with Gasteiger partial charge in [-0.3, -0.25) is 0 Å². The molecule has 0 spiro atoms. The zero-order chi connectivity index (χ0) is 20.1. The van der Waals surface area contributed by atoms with Crippen molar-refractivity contribution in [3.8, 4) is 17.0 Å². The second kappa shape index (κ2) is 8.16. The minimum atomic E-state index is -4.75. The van der Waals surface area contributed by atoms with Crippen LogP contribution in [0.25, 0.3) is 11.3 Å². The second-order valence-corrected chi connectivity index (χ2v) is 6.06. The zero-order valence-electron chi connectivity index (χ0n) is 15.3. The Bertz CT molecular complexity index is 943. The van der Waals surface area contributed by atoms with Gasteiger partial charge in [-0.2, -0.15) is 4.98 Å². The number of benzene rings is 2. The van der Waals surface area contributed by atoms with Gasteiger partial charge < -0.3 is 15.4 Å². The molecule has 1 heterocycles. The van der Waals surface area contributed by atoms with Crippen molar-refractivity contribution in [1.29, 1.82) is 0 Å². The highest BCUT2D eigenvalue weighted by Gasteiger charge is 2.31. The Balaban J connectivity index is 1.95. The largest absolute Gasteiger partial charge is 0.573 e. The van der Waals surface area contributed by atoms with Crippen LogP contribution in [0.5, 0.6) is 5.75 Å². The van der Waals surface area contributed by atoms with Crippen LogP contribution in [0.3, 0.4) is 0 Å². The zero-order valence-corrected chi connectivity index (χ0v) is 15.3. The number of alkyl halides is 3. The number of ether oxygens (including phenoxy) is 1. The number of hydrogen-bond acceptors (Lipinski definition) is 5. The van der Waals surface area contributed by atoms with Gasteiger partial charge in [0, 0.05) is 23.9 Å². The molecule has 0 unspecified atom stereocenters. The Morgan fingerprint density at radius 3 is 2.43 bits per heavy atom. The number of hydrogen-bond donors (Lipinski definition) is 2. The van der Waals surface area contributed by atoms with Gasteiger partial charge >= 0.3 is 6.36 Å². The molecule has 0 amide bonds. The smallest absolute Gasteiger partial charge is 0.406 e. The lowest BCUT2D eigenvalue weighted by molar-refractivity contribution is -0.274. The van der Waals surface area contributed by atoms with Gasteiger partial charge in [-0.15, -0.1) is 13.2 Å². The fraction of sp³-hybridized carbons (Fsp3) is 0.200. The summed E-state index contributed by atoms with van der Waals surface area (Å²) in [6.45, 7) is 4.50. The quantitative estimate of drug-likeness (QED) is 0.582. The van der Waals surface area contributed by atoms with Crippen LogP contribution in [0.2, 0.25) is 0 Å². The minimum Gasteiger partial charge on any atom is -0.406 e. The molecule has 0 fully saturated rings. The highest BCUT2D eigenvalue weighted by Crippen LogP contribution is 2.29. The molecular weight excluding hydrogens is 369 g/mol. The highest BCUT2D eigenvalue weighted by atomic mass is 19.4. The molecule has 0 atom stereocenters. The van der Waals surface area contributed by atoms with Crippen LogP contribution in [0.4, 0.5) is 30.6 Å². The van der Waals surface area contributed by atoms with E-state index in [-0.39, 0.29) is 5.75 Å². The number of aromatic nitrogens is 2. The molecule has 3 rings (SSSR count). The fourth-order valence-electron chi connectivity index (χ4n) is 2.53. The average Bonchev–Trinajstić information content (AvgIpc) is 2.63. The van der Waals surface area contributed by atoms with E-state index >= 15 is 0 Å². The summed E-state index contributed by atoms with van der Waals surface area (Å²) in [4.78, 5) is 8.79. The number of nitrogens with zero attached hydrogens (tertiary/aromatic N) is 2. The van der Waals surface area contributed by atoms with Gasteiger partial charge in [0.1, 0.15) is 11.6 Å². The van der Waals surface area contributed by atoms with Crippen LogP contribution in [0.15, 0.2) is 54.6 Å². The normalized spacial score (nSPS) is 11.2. The van der Waals surface area contributed by atoms with Crippen molar-refractivity contribution in [3.63, 3.8) is 0 Å². The topological polar surface area (TPSA) is 59.1 Å².